The molecule has 3 amide bonds. The predicted octanol–water partition coefficient (Wildman–Crippen LogP) is 2.45. The molecular weight excluding hydrogens is 420 g/mol. The number of likely N-dealkylation sites (N-methyl/N-ethyl adjacent to an activating group) is 1. The number of benzene rings is 1. The molecule has 1 aromatic carbocycles. The van der Waals surface area contributed by atoms with Gasteiger partial charge in [0.25, 0.3) is 0 Å². The molecule has 8 heteroatoms. The van der Waals surface area contributed by atoms with Crippen LogP contribution >= 0.6 is 0 Å². The summed E-state index contributed by atoms with van der Waals surface area (Å²) in [6, 6.07) is 7.09. The second-order valence-corrected chi connectivity index (χ2v) is 9.32. The number of nitrogens with zero attached hydrogens (tertiary/aromatic N) is 3. The molecule has 1 saturated carbocycles. The molecule has 4 rings (SSSR count). The lowest BCUT2D eigenvalue weighted by molar-refractivity contribution is -0.139. The van der Waals surface area contributed by atoms with Gasteiger partial charge >= 0.3 is 12.0 Å². The van der Waals surface area contributed by atoms with E-state index >= 15 is 0 Å². The maximum absolute atomic E-state index is 13.1. The number of esters is 1. The molecule has 2 aliphatic heterocycles. The van der Waals surface area contributed by atoms with Crippen molar-refractivity contribution < 1.29 is 19.1 Å². The van der Waals surface area contributed by atoms with Crippen LogP contribution in [0.2, 0.25) is 0 Å². The maximum atomic E-state index is 13.1. The van der Waals surface area contributed by atoms with Gasteiger partial charge in [-0.15, -0.1) is 0 Å². The molecule has 178 valence electrons. The van der Waals surface area contributed by atoms with E-state index in [1.54, 1.807) is 14.0 Å². The van der Waals surface area contributed by atoms with Crippen molar-refractivity contribution in [2.45, 2.75) is 45.7 Å². The number of aryl methyl sites for hydroxylation is 1. The molecule has 1 aromatic rings. The fourth-order valence-corrected chi connectivity index (χ4v) is 4.69. The van der Waals surface area contributed by atoms with E-state index in [1.807, 2.05) is 36.1 Å². The number of piperazine rings is 1. The van der Waals surface area contributed by atoms with Crippen LogP contribution in [0.5, 0.6) is 0 Å². The van der Waals surface area contributed by atoms with Crippen molar-refractivity contribution in [3.8, 4) is 0 Å². The van der Waals surface area contributed by atoms with Gasteiger partial charge in [0.15, 0.2) is 0 Å². The summed E-state index contributed by atoms with van der Waals surface area (Å²) >= 11 is 0. The average Bonchev–Trinajstić information content (AvgIpc) is 3.62. The average molecular weight is 455 g/mol. The molecule has 3 aliphatic rings. The number of carbonyl (C=O) groups excluding carboxylic acids is 3. The van der Waals surface area contributed by atoms with E-state index in [0.717, 1.165) is 24.0 Å². The molecule has 1 aliphatic carbocycles. The number of nitrogens with one attached hydrogen (secondary N) is 1. The second-order valence-electron chi connectivity index (χ2n) is 9.32. The Balaban J connectivity index is 1.62. The second kappa shape index (κ2) is 9.55. The van der Waals surface area contributed by atoms with Crippen LogP contribution in [0, 0.1) is 12.8 Å². The lowest BCUT2D eigenvalue weighted by Crippen LogP contribution is -2.56. The van der Waals surface area contributed by atoms with Crippen LogP contribution in [0.1, 0.15) is 43.9 Å². The Morgan fingerprint density at radius 1 is 1.15 bits per heavy atom. The van der Waals surface area contributed by atoms with Crippen LogP contribution in [0.25, 0.3) is 0 Å². The molecule has 0 spiro atoms. The normalized spacial score (nSPS) is 24.1. The van der Waals surface area contributed by atoms with Gasteiger partial charge in [0.1, 0.15) is 0 Å². The van der Waals surface area contributed by atoms with Crippen molar-refractivity contribution in [3.05, 3.63) is 46.7 Å². The first kappa shape index (κ1) is 23.3. The molecular formula is C25H34N4O4. The maximum Gasteiger partial charge on any atom is 0.338 e. The Morgan fingerprint density at radius 3 is 2.45 bits per heavy atom. The zero-order valence-corrected chi connectivity index (χ0v) is 20.0. The third-order valence-corrected chi connectivity index (χ3v) is 6.78. The van der Waals surface area contributed by atoms with E-state index in [4.69, 9.17) is 4.74 Å². The quantitative estimate of drug-likeness (QED) is 0.668. The molecule has 1 saturated heterocycles. The standard InChI is InChI=1S/C25H34N4O4/c1-5-33-24(31)21-20(15-28-12-13-29(17(3)14-28)23(30)19-10-11-19)27(4)25(32)26-22(21)18-8-6-16(2)7-9-18/h6-9,17,19,22H,5,10-15H2,1-4H3,(H,26,32)/t17-,22-/m0/s1. The molecule has 1 N–H and O–H groups in total. The zero-order valence-electron chi connectivity index (χ0n) is 20.0. The highest BCUT2D eigenvalue weighted by Gasteiger charge is 2.40. The number of amides is 3. The summed E-state index contributed by atoms with van der Waals surface area (Å²) in [4.78, 5) is 44.3. The van der Waals surface area contributed by atoms with Crippen molar-refractivity contribution in [1.82, 2.24) is 20.0 Å². The molecule has 2 heterocycles. The smallest absolute Gasteiger partial charge is 0.338 e. The van der Waals surface area contributed by atoms with E-state index in [1.165, 1.54) is 4.90 Å². The van der Waals surface area contributed by atoms with Gasteiger partial charge in [-0.1, -0.05) is 29.8 Å². The van der Waals surface area contributed by atoms with Gasteiger partial charge in [0.05, 0.1) is 18.2 Å². The summed E-state index contributed by atoms with van der Waals surface area (Å²) in [5.74, 6) is 0.0586. The van der Waals surface area contributed by atoms with E-state index in [2.05, 4.69) is 17.1 Å². The van der Waals surface area contributed by atoms with E-state index in [9.17, 15) is 14.4 Å². The highest BCUT2D eigenvalue weighted by molar-refractivity contribution is 5.95. The van der Waals surface area contributed by atoms with Crippen LogP contribution in [-0.4, -0.2) is 78.5 Å². The van der Waals surface area contributed by atoms with Crippen LogP contribution in [-0.2, 0) is 14.3 Å². The fraction of sp³-hybridized carbons (Fsp3) is 0.560. The molecule has 0 aromatic heterocycles. The molecule has 2 atom stereocenters. The van der Waals surface area contributed by atoms with Crippen molar-refractivity contribution >= 4 is 17.9 Å². The molecule has 0 unspecified atom stereocenters. The van der Waals surface area contributed by atoms with E-state index < -0.39 is 12.0 Å². The molecule has 33 heavy (non-hydrogen) atoms. The van der Waals surface area contributed by atoms with Crippen LogP contribution in [0.3, 0.4) is 0 Å². The third kappa shape index (κ3) is 4.90. The summed E-state index contributed by atoms with van der Waals surface area (Å²) in [5.41, 5.74) is 3.06. The number of rotatable bonds is 6. The lowest BCUT2D eigenvalue weighted by Gasteiger charge is -2.42. The summed E-state index contributed by atoms with van der Waals surface area (Å²) in [5, 5.41) is 2.97. The molecule has 0 radical (unpaired) electrons. The summed E-state index contributed by atoms with van der Waals surface area (Å²) in [7, 11) is 1.69. The highest BCUT2D eigenvalue weighted by Crippen LogP contribution is 2.34. The Morgan fingerprint density at radius 2 is 1.85 bits per heavy atom. The van der Waals surface area contributed by atoms with Crippen molar-refractivity contribution in [1.29, 1.82) is 0 Å². The zero-order chi connectivity index (χ0) is 23.7. The van der Waals surface area contributed by atoms with Crippen molar-refractivity contribution in [2.75, 3.05) is 39.8 Å². The van der Waals surface area contributed by atoms with Gasteiger partial charge in [-0.05, 0) is 39.2 Å². The number of hydrogen-bond acceptors (Lipinski definition) is 5. The minimum Gasteiger partial charge on any atom is -0.463 e. The Bertz CT molecular complexity index is 954. The SMILES string of the molecule is CCOC(=O)C1=C(CN2CCN(C(=O)C3CC3)[C@@H](C)C2)N(C)C(=O)N[C@H]1c1ccc(C)cc1. The van der Waals surface area contributed by atoms with Crippen molar-refractivity contribution in [2.24, 2.45) is 5.92 Å². The molecule has 8 nitrogen and oxygen atoms in total. The van der Waals surface area contributed by atoms with E-state index in [-0.39, 0.29) is 30.5 Å². The Hall–Kier alpha value is -2.87. The fourth-order valence-electron chi connectivity index (χ4n) is 4.69. The molecule has 2 fully saturated rings. The van der Waals surface area contributed by atoms with E-state index in [0.29, 0.717) is 37.4 Å². The third-order valence-electron chi connectivity index (χ3n) is 6.78. The minimum absolute atomic E-state index is 0.0918. The van der Waals surface area contributed by atoms with Gasteiger partial charge in [0, 0.05) is 50.9 Å². The number of ether oxygens (including phenoxy) is 1. The van der Waals surface area contributed by atoms with Gasteiger partial charge in [0.2, 0.25) is 5.91 Å². The van der Waals surface area contributed by atoms with Gasteiger partial charge < -0.3 is 15.0 Å². The first-order valence-electron chi connectivity index (χ1n) is 11.8. The Labute approximate surface area is 195 Å². The van der Waals surface area contributed by atoms with Crippen LogP contribution in [0.15, 0.2) is 35.5 Å². The predicted molar refractivity (Wildman–Crippen MR) is 124 cm³/mol. The lowest BCUT2D eigenvalue weighted by atomic mass is 9.93. The first-order chi connectivity index (χ1) is 15.8. The largest absolute Gasteiger partial charge is 0.463 e. The first-order valence-corrected chi connectivity index (χ1v) is 11.8. The van der Waals surface area contributed by atoms with Gasteiger partial charge in [-0.25, -0.2) is 9.59 Å². The Kier molecular flexibility index (Phi) is 6.74. The minimum atomic E-state index is -0.571. The van der Waals surface area contributed by atoms with Gasteiger partial charge in [-0.2, -0.15) is 0 Å². The number of hydrogen-bond donors (Lipinski definition) is 1. The summed E-state index contributed by atoms with van der Waals surface area (Å²) in [6.45, 7) is 8.61. The number of urea groups is 1. The van der Waals surface area contributed by atoms with Crippen LogP contribution < -0.4 is 5.32 Å². The monoisotopic (exact) mass is 454 g/mol. The van der Waals surface area contributed by atoms with Crippen LogP contribution in [0.4, 0.5) is 4.79 Å². The summed E-state index contributed by atoms with van der Waals surface area (Å²) in [6.07, 6.45) is 2.00. The highest BCUT2D eigenvalue weighted by atomic mass is 16.5. The number of carbonyl (C=O) groups is 3. The summed E-state index contributed by atoms with van der Waals surface area (Å²) < 4.78 is 5.42. The molecule has 0 bridgehead atoms. The van der Waals surface area contributed by atoms with Crippen molar-refractivity contribution in [3.63, 3.8) is 0 Å². The topological polar surface area (TPSA) is 82.2 Å². The van der Waals surface area contributed by atoms with Gasteiger partial charge in [-0.3, -0.25) is 14.6 Å².